The molecule has 1 aliphatic rings. The van der Waals surface area contributed by atoms with E-state index in [1.54, 1.807) is 24.3 Å². The number of hydrogen-bond donors (Lipinski definition) is 2. The van der Waals surface area contributed by atoms with Crippen molar-refractivity contribution in [2.24, 2.45) is 5.92 Å². The summed E-state index contributed by atoms with van der Waals surface area (Å²) < 4.78 is 0. The van der Waals surface area contributed by atoms with Crippen LogP contribution in [0.5, 0.6) is 5.75 Å². The van der Waals surface area contributed by atoms with Crippen molar-refractivity contribution >= 4 is 0 Å². The van der Waals surface area contributed by atoms with Gasteiger partial charge in [-0.15, -0.1) is 0 Å². The molecule has 134 valence electrons. The second-order valence-electron chi connectivity index (χ2n) is 7.36. The lowest BCUT2D eigenvalue weighted by molar-refractivity contribution is 0.0848. The van der Waals surface area contributed by atoms with E-state index in [1.165, 1.54) is 24.8 Å². The zero-order valence-corrected chi connectivity index (χ0v) is 15.0. The quantitative estimate of drug-likeness (QED) is 0.830. The van der Waals surface area contributed by atoms with Crippen molar-refractivity contribution in [1.82, 2.24) is 4.90 Å². The Morgan fingerprint density at radius 3 is 2.28 bits per heavy atom. The molecule has 0 amide bonds. The van der Waals surface area contributed by atoms with Crippen LogP contribution in [0.25, 0.3) is 0 Å². The Hall–Kier alpha value is -1.84. The van der Waals surface area contributed by atoms with Crippen molar-refractivity contribution in [2.75, 3.05) is 13.1 Å². The lowest BCUT2D eigenvalue weighted by Gasteiger charge is -2.37. The van der Waals surface area contributed by atoms with Gasteiger partial charge in [-0.3, -0.25) is 0 Å². The van der Waals surface area contributed by atoms with E-state index in [9.17, 15) is 10.2 Å². The third-order valence-corrected chi connectivity index (χ3v) is 5.48. The Kier molecular flexibility index (Phi) is 6.11. The number of piperidine rings is 1. The van der Waals surface area contributed by atoms with E-state index < -0.39 is 6.10 Å². The van der Waals surface area contributed by atoms with Crippen molar-refractivity contribution in [2.45, 2.75) is 44.8 Å². The van der Waals surface area contributed by atoms with E-state index in [0.29, 0.717) is 6.04 Å². The van der Waals surface area contributed by atoms with E-state index in [1.807, 2.05) is 0 Å². The van der Waals surface area contributed by atoms with Crippen LogP contribution in [0.2, 0.25) is 0 Å². The van der Waals surface area contributed by atoms with Gasteiger partial charge in [0.15, 0.2) is 0 Å². The number of aromatic hydroxyl groups is 1. The number of phenolic OH excluding ortho intramolecular Hbond substituents is 1. The fourth-order valence-electron chi connectivity index (χ4n) is 3.85. The Morgan fingerprint density at radius 1 is 1.00 bits per heavy atom. The summed E-state index contributed by atoms with van der Waals surface area (Å²) in [5.41, 5.74) is 2.32. The van der Waals surface area contributed by atoms with Gasteiger partial charge in [-0.2, -0.15) is 0 Å². The second-order valence-corrected chi connectivity index (χ2v) is 7.36. The molecule has 2 atom stereocenters. The first kappa shape index (κ1) is 18.0. The monoisotopic (exact) mass is 339 g/mol. The summed E-state index contributed by atoms with van der Waals surface area (Å²) in [4.78, 5) is 2.51. The largest absolute Gasteiger partial charge is 0.508 e. The number of phenols is 1. The number of nitrogens with zero attached hydrogens (tertiary/aromatic N) is 1. The molecule has 3 nitrogen and oxygen atoms in total. The Bertz CT molecular complexity index is 633. The molecule has 1 saturated heterocycles. The molecule has 25 heavy (non-hydrogen) atoms. The van der Waals surface area contributed by atoms with E-state index in [2.05, 4.69) is 42.2 Å². The number of likely N-dealkylation sites (tertiary alicyclic amines) is 1. The summed E-state index contributed by atoms with van der Waals surface area (Å²) in [5.74, 6) is 1.01. The third kappa shape index (κ3) is 5.07. The van der Waals surface area contributed by atoms with Crippen molar-refractivity contribution < 1.29 is 10.2 Å². The highest BCUT2D eigenvalue weighted by Gasteiger charge is 2.24. The molecule has 0 radical (unpaired) electrons. The van der Waals surface area contributed by atoms with Crippen molar-refractivity contribution in [3.63, 3.8) is 0 Å². The summed E-state index contributed by atoms with van der Waals surface area (Å²) in [7, 11) is 0. The minimum Gasteiger partial charge on any atom is -0.508 e. The van der Waals surface area contributed by atoms with Gasteiger partial charge < -0.3 is 15.1 Å². The Labute approximate surface area is 150 Å². The smallest absolute Gasteiger partial charge is 0.115 e. The third-order valence-electron chi connectivity index (χ3n) is 5.48. The van der Waals surface area contributed by atoms with Gasteiger partial charge in [0.1, 0.15) is 5.75 Å². The van der Waals surface area contributed by atoms with Gasteiger partial charge in [0.05, 0.1) is 6.10 Å². The predicted molar refractivity (Wildman–Crippen MR) is 102 cm³/mol. The average Bonchev–Trinajstić information content (AvgIpc) is 2.63. The standard InChI is InChI=1S/C22H29NO2/c1-17(15-22(25)20-7-9-21(24)10-8-20)23-13-11-19(12-14-23)16-18-5-3-2-4-6-18/h2-10,17,19,22,24-25H,11-16H2,1H3. The summed E-state index contributed by atoms with van der Waals surface area (Å²) >= 11 is 0. The maximum absolute atomic E-state index is 10.5. The fourth-order valence-corrected chi connectivity index (χ4v) is 3.85. The van der Waals surface area contributed by atoms with E-state index in [-0.39, 0.29) is 5.75 Å². The molecule has 2 aromatic carbocycles. The van der Waals surface area contributed by atoms with Gasteiger partial charge in [0.25, 0.3) is 0 Å². The highest BCUT2D eigenvalue weighted by Crippen LogP contribution is 2.27. The minimum absolute atomic E-state index is 0.240. The molecule has 3 rings (SSSR count). The maximum Gasteiger partial charge on any atom is 0.115 e. The van der Waals surface area contributed by atoms with Gasteiger partial charge in [-0.1, -0.05) is 42.5 Å². The molecule has 2 N–H and O–H groups in total. The van der Waals surface area contributed by atoms with Crippen molar-refractivity contribution in [3.8, 4) is 5.75 Å². The number of rotatable bonds is 6. The summed E-state index contributed by atoms with van der Waals surface area (Å²) in [6.45, 7) is 4.43. The molecule has 2 unspecified atom stereocenters. The molecule has 0 saturated carbocycles. The first-order valence-corrected chi connectivity index (χ1v) is 9.37. The fraction of sp³-hybridized carbons (Fsp3) is 0.455. The SMILES string of the molecule is CC(CC(O)c1ccc(O)cc1)N1CCC(Cc2ccccc2)CC1. The number of benzene rings is 2. The van der Waals surface area contributed by atoms with Crippen LogP contribution in [0.4, 0.5) is 0 Å². The van der Waals surface area contributed by atoms with E-state index in [0.717, 1.165) is 31.0 Å². The van der Waals surface area contributed by atoms with Crippen LogP contribution in [-0.4, -0.2) is 34.2 Å². The molecular weight excluding hydrogens is 310 g/mol. The molecular formula is C22H29NO2. The number of aliphatic hydroxyl groups is 1. The first-order valence-electron chi connectivity index (χ1n) is 9.37. The van der Waals surface area contributed by atoms with Crippen LogP contribution in [0.1, 0.15) is 43.4 Å². The highest BCUT2D eigenvalue weighted by molar-refractivity contribution is 5.27. The average molecular weight is 339 g/mol. The summed E-state index contributed by atoms with van der Waals surface area (Å²) in [5, 5.41) is 19.8. The van der Waals surface area contributed by atoms with E-state index in [4.69, 9.17) is 0 Å². The van der Waals surface area contributed by atoms with Crippen LogP contribution in [0, 0.1) is 5.92 Å². The normalized spacial score (nSPS) is 18.8. The first-order chi connectivity index (χ1) is 12.1. The predicted octanol–water partition coefficient (Wildman–Crippen LogP) is 4.16. The number of aliphatic hydroxyl groups excluding tert-OH is 1. The van der Waals surface area contributed by atoms with Gasteiger partial charge >= 0.3 is 0 Å². The Balaban J connectivity index is 1.46. The molecule has 3 heteroatoms. The molecule has 1 heterocycles. The van der Waals surface area contributed by atoms with Crippen LogP contribution < -0.4 is 0 Å². The highest BCUT2D eigenvalue weighted by atomic mass is 16.3. The molecule has 0 aromatic heterocycles. The molecule has 1 aliphatic heterocycles. The topological polar surface area (TPSA) is 43.7 Å². The summed E-state index contributed by atoms with van der Waals surface area (Å²) in [6.07, 6.45) is 3.90. The molecule has 0 aliphatic carbocycles. The molecule has 2 aromatic rings. The summed E-state index contributed by atoms with van der Waals surface area (Å²) in [6, 6.07) is 18.0. The van der Waals surface area contributed by atoms with Gasteiger partial charge in [-0.05, 0) is 74.9 Å². The van der Waals surface area contributed by atoms with Crippen LogP contribution in [0.3, 0.4) is 0 Å². The van der Waals surface area contributed by atoms with Gasteiger partial charge in [0, 0.05) is 6.04 Å². The molecule has 1 fully saturated rings. The van der Waals surface area contributed by atoms with Gasteiger partial charge in [-0.25, -0.2) is 0 Å². The maximum atomic E-state index is 10.5. The van der Waals surface area contributed by atoms with Crippen LogP contribution in [-0.2, 0) is 6.42 Å². The zero-order valence-electron chi connectivity index (χ0n) is 15.0. The van der Waals surface area contributed by atoms with Crippen LogP contribution in [0.15, 0.2) is 54.6 Å². The minimum atomic E-state index is -0.474. The molecule has 0 bridgehead atoms. The zero-order chi connectivity index (χ0) is 17.6. The van der Waals surface area contributed by atoms with Crippen LogP contribution >= 0.6 is 0 Å². The number of hydrogen-bond acceptors (Lipinski definition) is 3. The lowest BCUT2D eigenvalue weighted by Crippen LogP contribution is -2.41. The van der Waals surface area contributed by atoms with Crippen molar-refractivity contribution in [3.05, 3.63) is 65.7 Å². The van der Waals surface area contributed by atoms with Crippen molar-refractivity contribution in [1.29, 1.82) is 0 Å². The molecule has 0 spiro atoms. The van der Waals surface area contributed by atoms with Gasteiger partial charge in [0.2, 0.25) is 0 Å². The van der Waals surface area contributed by atoms with E-state index >= 15 is 0 Å². The Morgan fingerprint density at radius 2 is 1.64 bits per heavy atom. The second kappa shape index (κ2) is 8.50. The lowest BCUT2D eigenvalue weighted by atomic mass is 9.89.